The first-order chi connectivity index (χ1) is 8.08. The Morgan fingerprint density at radius 3 is 2.71 bits per heavy atom. The lowest BCUT2D eigenvalue weighted by Crippen LogP contribution is -1.98. The SMILES string of the molecule is COc1cc(C)c(SC)cc1CCCC(=O)O. The van der Waals surface area contributed by atoms with Gasteiger partial charge >= 0.3 is 5.97 Å². The molecule has 0 spiro atoms. The van der Waals surface area contributed by atoms with Gasteiger partial charge in [0.1, 0.15) is 5.75 Å². The number of carboxylic acid groups (broad SMARTS) is 1. The van der Waals surface area contributed by atoms with E-state index >= 15 is 0 Å². The zero-order valence-corrected chi connectivity index (χ0v) is 11.3. The fourth-order valence-electron chi connectivity index (χ4n) is 1.74. The van der Waals surface area contributed by atoms with Gasteiger partial charge in [0.25, 0.3) is 0 Å². The van der Waals surface area contributed by atoms with Gasteiger partial charge < -0.3 is 9.84 Å². The maximum atomic E-state index is 10.5. The molecule has 1 aromatic rings. The van der Waals surface area contributed by atoms with Crippen LogP contribution in [0.15, 0.2) is 17.0 Å². The van der Waals surface area contributed by atoms with Gasteiger partial charge in [0.2, 0.25) is 0 Å². The van der Waals surface area contributed by atoms with E-state index in [0.717, 1.165) is 17.7 Å². The van der Waals surface area contributed by atoms with E-state index in [1.54, 1.807) is 18.9 Å². The van der Waals surface area contributed by atoms with Crippen molar-refractivity contribution in [2.45, 2.75) is 31.1 Å². The van der Waals surface area contributed by atoms with Crippen LogP contribution in [0.5, 0.6) is 5.75 Å². The van der Waals surface area contributed by atoms with Gasteiger partial charge in [-0.05, 0) is 49.3 Å². The Balaban J connectivity index is 2.84. The summed E-state index contributed by atoms with van der Waals surface area (Å²) in [6.07, 6.45) is 3.62. The zero-order chi connectivity index (χ0) is 12.8. The smallest absolute Gasteiger partial charge is 0.303 e. The lowest BCUT2D eigenvalue weighted by Gasteiger charge is -2.12. The Bertz CT molecular complexity index is 402. The second-order valence-corrected chi connectivity index (χ2v) is 4.73. The van der Waals surface area contributed by atoms with Gasteiger partial charge in [0.05, 0.1) is 7.11 Å². The van der Waals surface area contributed by atoms with Gasteiger partial charge in [-0.25, -0.2) is 0 Å². The van der Waals surface area contributed by atoms with Gasteiger partial charge in [0.15, 0.2) is 0 Å². The summed E-state index contributed by atoms with van der Waals surface area (Å²) >= 11 is 1.70. The van der Waals surface area contributed by atoms with E-state index in [1.165, 1.54) is 10.5 Å². The maximum absolute atomic E-state index is 10.5. The molecule has 0 aliphatic rings. The number of ether oxygens (including phenoxy) is 1. The van der Waals surface area contributed by atoms with E-state index in [9.17, 15) is 4.79 Å². The van der Waals surface area contributed by atoms with Crippen molar-refractivity contribution in [3.63, 3.8) is 0 Å². The van der Waals surface area contributed by atoms with Crippen molar-refractivity contribution in [3.05, 3.63) is 23.3 Å². The van der Waals surface area contributed by atoms with Crippen LogP contribution in [-0.4, -0.2) is 24.4 Å². The first-order valence-corrected chi connectivity index (χ1v) is 6.74. The van der Waals surface area contributed by atoms with Gasteiger partial charge in [-0.1, -0.05) is 0 Å². The molecule has 0 fully saturated rings. The molecule has 0 saturated heterocycles. The van der Waals surface area contributed by atoms with E-state index in [-0.39, 0.29) is 6.42 Å². The highest BCUT2D eigenvalue weighted by atomic mass is 32.2. The van der Waals surface area contributed by atoms with E-state index < -0.39 is 5.97 Å². The molecule has 4 heteroatoms. The highest BCUT2D eigenvalue weighted by Gasteiger charge is 2.08. The molecule has 0 atom stereocenters. The monoisotopic (exact) mass is 254 g/mol. The van der Waals surface area contributed by atoms with Crippen molar-refractivity contribution in [3.8, 4) is 5.75 Å². The highest BCUT2D eigenvalue weighted by molar-refractivity contribution is 7.98. The number of rotatable bonds is 6. The predicted molar refractivity (Wildman–Crippen MR) is 70.1 cm³/mol. The van der Waals surface area contributed by atoms with Crippen LogP contribution >= 0.6 is 11.8 Å². The molecule has 0 heterocycles. The zero-order valence-electron chi connectivity index (χ0n) is 10.4. The highest BCUT2D eigenvalue weighted by Crippen LogP contribution is 2.29. The van der Waals surface area contributed by atoms with E-state index in [4.69, 9.17) is 9.84 Å². The molecule has 0 amide bonds. The molecule has 0 aliphatic carbocycles. The van der Waals surface area contributed by atoms with Gasteiger partial charge in [-0.2, -0.15) is 0 Å². The summed E-state index contributed by atoms with van der Waals surface area (Å²) < 4.78 is 5.33. The van der Waals surface area contributed by atoms with Crippen LogP contribution in [0.2, 0.25) is 0 Å². The Morgan fingerprint density at radius 2 is 2.18 bits per heavy atom. The fraction of sp³-hybridized carbons (Fsp3) is 0.462. The molecule has 0 unspecified atom stereocenters. The number of hydrogen-bond donors (Lipinski definition) is 1. The molecule has 0 radical (unpaired) electrons. The Hall–Kier alpha value is -1.16. The van der Waals surface area contributed by atoms with Gasteiger partial charge in [-0.3, -0.25) is 4.79 Å². The Labute approximate surface area is 106 Å². The van der Waals surface area contributed by atoms with Crippen LogP contribution in [0.4, 0.5) is 0 Å². The summed E-state index contributed by atoms with van der Waals surface area (Å²) in [4.78, 5) is 11.7. The molecule has 1 rings (SSSR count). The summed E-state index contributed by atoms with van der Waals surface area (Å²) in [6.45, 7) is 2.05. The van der Waals surface area contributed by atoms with Crippen molar-refractivity contribution in [2.75, 3.05) is 13.4 Å². The summed E-state index contributed by atoms with van der Waals surface area (Å²) in [5, 5.41) is 8.63. The molecule has 0 aliphatic heterocycles. The Kier molecular flexibility index (Phi) is 5.35. The normalized spacial score (nSPS) is 10.3. The molecule has 0 bridgehead atoms. The second kappa shape index (κ2) is 6.55. The molecular weight excluding hydrogens is 236 g/mol. The predicted octanol–water partition coefficient (Wildman–Crippen LogP) is 3.13. The minimum absolute atomic E-state index is 0.200. The fourth-order valence-corrected chi connectivity index (χ4v) is 2.38. The molecule has 94 valence electrons. The van der Waals surface area contributed by atoms with Gasteiger partial charge in [-0.15, -0.1) is 11.8 Å². The Morgan fingerprint density at radius 1 is 1.47 bits per heavy atom. The van der Waals surface area contributed by atoms with Crippen molar-refractivity contribution < 1.29 is 14.6 Å². The number of carbonyl (C=O) groups is 1. The largest absolute Gasteiger partial charge is 0.496 e. The molecule has 0 aromatic heterocycles. The molecule has 1 N–H and O–H groups in total. The van der Waals surface area contributed by atoms with Crippen LogP contribution in [0, 0.1) is 6.92 Å². The van der Waals surface area contributed by atoms with E-state index in [2.05, 4.69) is 13.0 Å². The third-order valence-corrected chi connectivity index (χ3v) is 3.51. The second-order valence-electron chi connectivity index (χ2n) is 3.88. The standard InChI is InChI=1S/C13H18O3S/c1-9-7-11(16-2)10(8-12(9)17-3)5-4-6-13(14)15/h7-8H,4-6H2,1-3H3,(H,14,15). The van der Waals surface area contributed by atoms with Crippen LogP contribution in [0.1, 0.15) is 24.0 Å². The number of benzene rings is 1. The number of carboxylic acids is 1. The molecule has 17 heavy (non-hydrogen) atoms. The minimum Gasteiger partial charge on any atom is -0.496 e. The van der Waals surface area contributed by atoms with Crippen LogP contribution in [0.25, 0.3) is 0 Å². The number of aliphatic carboxylic acids is 1. The van der Waals surface area contributed by atoms with Crippen LogP contribution in [0.3, 0.4) is 0 Å². The van der Waals surface area contributed by atoms with Crippen LogP contribution < -0.4 is 4.74 Å². The molecular formula is C13H18O3S. The van der Waals surface area contributed by atoms with Gasteiger partial charge in [0, 0.05) is 11.3 Å². The number of hydrogen-bond acceptors (Lipinski definition) is 3. The van der Waals surface area contributed by atoms with Crippen molar-refractivity contribution in [2.24, 2.45) is 0 Å². The molecule has 3 nitrogen and oxygen atoms in total. The third kappa shape index (κ3) is 3.97. The van der Waals surface area contributed by atoms with Crippen LogP contribution in [-0.2, 0) is 11.2 Å². The third-order valence-electron chi connectivity index (χ3n) is 2.63. The average Bonchev–Trinajstić information content (AvgIpc) is 2.30. The lowest BCUT2D eigenvalue weighted by molar-refractivity contribution is -0.137. The lowest BCUT2D eigenvalue weighted by atomic mass is 10.0. The summed E-state index contributed by atoms with van der Waals surface area (Å²) in [7, 11) is 1.65. The minimum atomic E-state index is -0.749. The average molecular weight is 254 g/mol. The number of thioether (sulfide) groups is 1. The first-order valence-electron chi connectivity index (χ1n) is 5.51. The number of aryl methyl sites for hydroxylation is 2. The maximum Gasteiger partial charge on any atom is 0.303 e. The van der Waals surface area contributed by atoms with E-state index in [1.807, 2.05) is 12.3 Å². The van der Waals surface area contributed by atoms with E-state index in [0.29, 0.717) is 6.42 Å². The quantitative estimate of drug-likeness (QED) is 0.792. The van der Waals surface area contributed by atoms with Crippen molar-refractivity contribution in [1.82, 2.24) is 0 Å². The summed E-state index contributed by atoms with van der Waals surface area (Å²) in [5.41, 5.74) is 2.28. The van der Waals surface area contributed by atoms with Crippen molar-refractivity contribution >= 4 is 17.7 Å². The first kappa shape index (κ1) is 13.9. The molecule has 0 saturated carbocycles. The number of methoxy groups -OCH3 is 1. The topological polar surface area (TPSA) is 46.5 Å². The summed E-state index contributed by atoms with van der Waals surface area (Å²) in [5.74, 6) is 0.104. The van der Waals surface area contributed by atoms with Crippen molar-refractivity contribution in [1.29, 1.82) is 0 Å². The summed E-state index contributed by atoms with van der Waals surface area (Å²) in [6, 6.07) is 4.11. The molecule has 1 aromatic carbocycles.